The molecule has 0 radical (unpaired) electrons. The smallest absolute Gasteiger partial charge is 0.303 e. The van der Waals surface area contributed by atoms with Gasteiger partial charge in [0.15, 0.2) is 6.10 Å². The van der Waals surface area contributed by atoms with Crippen LogP contribution in [-0.4, -0.2) is 51.0 Å². The van der Waals surface area contributed by atoms with Crippen LogP contribution in [-0.2, 0) is 14.3 Å². The predicted molar refractivity (Wildman–Crippen MR) is 147 cm³/mol. The van der Waals surface area contributed by atoms with E-state index in [0.717, 1.165) is 32.1 Å². The highest BCUT2D eigenvalue weighted by Crippen LogP contribution is 2.74. The molecule has 38 heavy (non-hydrogen) atoms. The van der Waals surface area contributed by atoms with E-state index in [1.165, 1.54) is 18.1 Å². The fourth-order valence-corrected chi connectivity index (χ4v) is 10.2. The van der Waals surface area contributed by atoms with Crippen molar-refractivity contribution in [3.63, 3.8) is 0 Å². The summed E-state index contributed by atoms with van der Waals surface area (Å²) in [6.07, 6.45) is 3.98. The molecule has 216 valence electrons. The molecule has 0 amide bonds. The summed E-state index contributed by atoms with van der Waals surface area (Å²) in [6, 6.07) is 0. The highest BCUT2D eigenvalue weighted by Gasteiger charge is 2.69. The van der Waals surface area contributed by atoms with Crippen LogP contribution >= 0.6 is 0 Å². The van der Waals surface area contributed by atoms with Crippen LogP contribution in [0, 0.1) is 39.4 Å². The topological polar surface area (TPSA) is 104 Å². The summed E-state index contributed by atoms with van der Waals surface area (Å²) in [5.74, 6) is 0.305. The summed E-state index contributed by atoms with van der Waals surface area (Å²) in [5.41, 5.74) is 0.754. The maximum Gasteiger partial charge on any atom is 0.303 e. The van der Waals surface area contributed by atoms with Gasteiger partial charge in [0.05, 0.1) is 17.8 Å². The van der Waals surface area contributed by atoms with E-state index in [2.05, 4.69) is 41.5 Å². The number of aliphatic hydroxyl groups is 3. The number of esters is 1. The Morgan fingerprint density at radius 1 is 1.11 bits per heavy atom. The molecule has 3 fully saturated rings. The Labute approximate surface area is 229 Å². The average molecular weight is 533 g/mol. The molecule has 0 aliphatic heterocycles. The van der Waals surface area contributed by atoms with Crippen molar-refractivity contribution in [2.75, 3.05) is 0 Å². The lowest BCUT2D eigenvalue weighted by atomic mass is 9.36. The molecule has 3 N–H and O–H groups in total. The van der Waals surface area contributed by atoms with Crippen molar-refractivity contribution in [1.29, 1.82) is 0 Å². The number of Topliss-reactive ketones (excluding diaryl/α,β-unsaturated/α-hetero) is 1. The number of ether oxygens (including phenoxy) is 1. The third-order valence-corrected chi connectivity index (χ3v) is 12.2. The molecule has 4 rings (SSSR count). The first-order valence-electron chi connectivity index (χ1n) is 14.8. The second-order valence-electron chi connectivity index (χ2n) is 15.1. The van der Waals surface area contributed by atoms with E-state index in [-0.39, 0.29) is 39.4 Å². The van der Waals surface area contributed by atoms with Crippen LogP contribution in [0.1, 0.15) is 114 Å². The van der Waals surface area contributed by atoms with Crippen molar-refractivity contribution in [1.82, 2.24) is 0 Å². The Hall–Kier alpha value is -1.24. The SMILES string of the molecule is CC(=O)O[C@@H]([C@H](O)C[C@H](C)C1=C2C[C@@H](O)[C@@H]3[C@]4(C)CCC(=O)C(C)(C)[C@H]4CC[C@@]3(C)[C@]2(C)CC1)C(C)(C)O. The quantitative estimate of drug-likeness (QED) is 0.314. The zero-order valence-electron chi connectivity index (χ0n) is 25.2. The van der Waals surface area contributed by atoms with E-state index < -0.39 is 29.9 Å². The van der Waals surface area contributed by atoms with Crippen LogP contribution in [0.25, 0.3) is 0 Å². The van der Waals surface area contributed by atoms with Crippen molar-refractivity contribution >= 4 is 11.8 Å². The second-order valence-corrected chi connectivity index (χ2v) is 15.1. The number of hydrogen-bond donors (Lipinski definition) is 3. The van der Waals surface area contributed by atoms with Gasteiger partial charge < -0.3 is 20.1 Å². The van der Waals surface area contributed by atoms with Crippen molar-refractivity contribution in [2.45, 2.75) is 138 Å². The molecular formula is C32H52O6. The Balaban J connectivity index is 1.66. The van der Waals surface area contributed by atoms with Gasteiger partial charge in [0.1, 0.15) is 5.78 Å². The molecule has 0 aromatic rings. The Bertz CT molecular complexity index is 1010. The summed E-state index contributed by atoms with van der Waals surface area (Å²) in [7, 11) is 0. The van der Waals surface area contributed by atoms with Crippen molar-refractivity contribution in [3.05, 3.63) is 11.1 Å². The maximum absolute atomic E-state index is 12.9. The number of allylic oxidation sites excluding steroid dienone is 1. The molecule has 0 spiro atoms. The minimum absolute atomic E-state index is 0.0349. The van der Waals surface area contributed by atoms with E-state index in [0.29, 0.717) is 25.0 Å². The lowest BCUT2D eigenvalue weighted by Crippen LogP contribution is -2.65. The zero-order chi connectivity index (χ0) is 28.6. The number of carbonyl (C=O) groups is 2. The molecule has 4 aliphatic carbocycles. The van der Waals surface area contributed by atoms with Gasteiger partial charge in [-0.15, -0.1) is 0 Å². The average Bonchev–Trinajstić information content (AvgIpc) is 3.12. The summed E-state index contributed by atoms with van der Waals surface area (Å²) in [5, 5.41) is 33.5. The number of rotatable bonds is 6. The number of aliphatic hydroxyl groups excluding tert-OH is 2. The molecule has 0 heterocycles. The molecule has 6 nitrogen and oxygen atoms in total. The van der Waals surface area contributed by atoms with Crippen LogP contribution in [0.2, 0.25) is 0 Å². The van der Waals surface area contributed by atoms with Crippen LogP contribution in [0.15, 0.2) is 11.1 Å². The third-order valence-electron chi connectivity index (χ3n) is 12.2. The van der Waals surface area contributed by atoms with Crippen LogP contribution < -0.4 is 0 Å². The molecule has 0 aromatic heterocycles. The van der Waals surface area contributed by atoms with Gasteiger partial charge in [-0.1, -0.05) is 52.7 Å². The van der Waals surface area contributed by atoms with E-state index >= 15 is 0 Å². The van der Waals surface area contributed by atoms with Gasteiger partial charge in [-0.25, -0.2) is 0 Å². The molecular weight excluding hydrogens is 480 g/mol. The highest BCUT2D eigenvalue weighted by atomic mass is 16.6. The summed E-state index contributed by atoms with van der Waals surface area (Å²) in [4.78, 5) is 24.6. The molecule has 0 aromatic carbocycles. The number of hydrogen-bond acceptors (Lipinski definition) is 6. The second kappa shape index (κ2) is 9.41. The normalized spacial score (nSPS) is 41.1. The summed E-state index contributed by atoms with van der Waals surface area (Å²) in [6.45, 7) is 17.9. The Kier molecular flexibility index (Phi) is 7.36. The fraction of sp³-hybridized carbons (Fsp3) is 0.875. The van der Waals surface area contributed by atoms with Gasteiger partial charge in [0, 0.05) is 18.8 Å². The molecule has 9 atom stereocenters. The summed E-state index contributed by atoms with van der Waals surface area (Å²) >= 11 is 0. The molecule has 4 aliphatic rings. The lowest BCUT2D eigenvalue weighted by Gasteiger charge is -2.69. The van der Waals surface area contributed by atoms with Gasteiger partial charge in [-0.3, -0.25) is 9.59 Å². The molecule has 0 bridgehead atoms. The van der Waals surface area contributed by atoms with Crippen LogP contribution in [0.3, 0.4) is 0 Å². The van der Waals surface area contributed by atoms with Gasteiger partial charge >= 0.3 is 5.97 Å². The number of fused-ring (bicyclic) bond motifs is 5. The Morgan fingerprint density at radius 2 is 1.74 bits per heavy atom. The molecule has 6 heteroatoms. The zero-order valence-corrected chi connectivity index (χ0v) is 25.2. The van der Waals surface area contributed by atoms with Crippen LogP contribution in [0.5, 0.6) is 0 Å². The molecule has 0 unspecified atom stereocenters. The third kappa shape index (κ3) is 4.32. The van der Waals surface area contributed by atoms with Gasteiger partial charge in [-0.2, -0.15) is 0 Å². The number of ketones is 1. The van der Waals surface area contributed by atoms with E-state index in [1.54, 1.807) is 13.8 Å². The first-order valence-corrected chi connectivity index (χ1v) is 14.8. The first-order chi connectivity index (χ1) is 17.3. The monoisotopic (exact) mass is 532 g/mol. The van der Waals surface area contributed by atoms with E-state index in [4.69, 9.17) is 4.74 Å². The minimum Gasteiger partial charge on any atom is -0.457 e. The fourth-order valence-electron chi connectivity index (χ4n) is 10.2. The van der Waals surface area contributed by atoms with E-state index in [1.807, 2.05) is 0 Å². The summed E-state index contributed by atoms with van der Waals surface area (Å²) < 4.78 is 5.34. The standard InChI is InChI=1S/C32H52O6/c1-18(16-23(35)27(29(5,6)37)38-19(2)33)20-10-14-31(8)21(20)17-22(34)26-30(7)13-12-25(36)28(3,4)24(30)11-15-32(26,31)9/h18,22-24,26-27,34-35,37H,10-17H2,1-9H3/t18-,22+,23+,24+,26+,27-,30+,31+,32+/m0/s1. The van der Waals surface area contributed by atoms with Gasteiger partial charge in [-0.05, 0) is 92.8 Å². The molecule has 0 saturated heterocycles. The van der Waals surface area contributed by atoms with Crippen LogP contribution in [0.4, 0.5) is 0 Å². The highest BCUT2D eigenvalue weighted by molar-refractivity contribution is 5.85. The Morgan fingerprint density at radius 3 is 2.32 bits per heavy atom. The van der Waals surface area contributed by atoms with Gasteiger partial charge in [0.25, 0.3) is 0 Å². The van der Waals surface area contributed by atoms with E-state index in [9.17, 15) is 24.9 Å². The maximum atomic E-state index is 12.9. The van der Waals surface area contributed by atoms with Crippen molar-refractivity contribution in [2.24, 2.45) is 39.4 Å². The lowest BCUT2D eigenvalue weighted by molar-refractivity contribution is -0.208. The number of carbonyl (C=O) groups excluding carboxylic acids is 2. The minimum atomic E-state index is -1.36. The first kappa shape index (κ1) is 29.7. The largest absolute Gasteiger partial charge is 0.457 e. The van der Waals surface area contributed by atoms with Crippen molar-refractivity contribution < 1.29 is 29.6 Å². The predicted octanol–water partition coefficient (Wildman–Crippen LogP) is 5.37. The van der Waals surface area contributed by atoms with Crippen molar-refractivity contribution in [3.8, 4) is 0 Å². The molecule has 3 saturated carbocycles. The van der Waals surface area contributed by atoms with Gasteiger partial charge in [0.2, 0.25) is 0 Å².